The molecule has 0 fully saturated rings. The topological polar surface area (TPSA) is 63.7 Å². The van der Waals surface area contributed by atoms with Gasteiger partial charge in [0.1, 0.15) is 0 Å². The number of hydrogen-bond acceptors (Lipinski definition) is 4. The van der Waals surface area contributed by atoms with E-state index in [4.69, 9.17) is 4.74 Å². The molecule has 0 radical (unpaired) electrons. The first-order chi connectivity index (χ1) is 11.9. The normalized spacial score (nSPS) is 11.7. The largest absolute Gasteiger partial charge is 0.466 e. The van der Waals surface area contributed by atoms with Crippen molar-refractivity contribution in [3.8, 4) is 0 Å². The number of benzene rings is 1. The van der Waals surface area contributed by atoms with Gasteiger partial charge >= 0.3 is 5.97 Å². The predicted octanol–water partition coefficient (Wildman–Crippen LogP) is 3.31. The first kappa shape index (κ1) is 21.6. The minimum atomic E-state index is -3.39. The second-order valence-corrected chi connectivity index (χ2v) is 8.36. The average Bonchev–Trinajstić information content (AvgIpc) is 2.58. The quantitative estimate of drug-likeness (QED) is 0.419. The lowest BCUT2D eigenvalue weighted by molar-refractivity contribution is -0.143. The summed E-state index contributed by atoms with van der Waals surface area (Å²) in [5.74, 6) is -0.621. The molecule has 0 bridgehead atoms. The van der Waals surface area contributed by atoms with Crippen molar-refractivity contribution in [1.29, 1.82) is 0 Å². The number of ether oxygens (including phenoxy) is 1. The second-order valence-electron chi connectivity index (χ2n) is 6.27. The summed E-state index contributed by atoms with van der Waals surface area (Å²) < 4.78 is 31.2. The van der Waals surface area contributed by atoms with E-state index in [1.807, 2.05) is 20.8 Å². The van der Waals surface area contributed by atoms with Crippen LogP contribution in [0.2, 0.25) is 0 Å². The van der Waals surface area contributed by atoms with Gasteiger partial charge in [-0.05, 0) is 38.2 Å². The van der Waals surface area contributed by atoms with E-state index in [0.29, 0.717) is 19.7 Å². The van der Waals surface area contributed by atoms with E-state index in [2.05, 4.69) is 24.3 Å². The van der Waals surface area contributed by atoms with Gasteiger partial charge in [-0.15, -0.1) is 0 Å². The predicted molar refractivity (Wildman–Crippen MR) is 101 cm³/mol. The van der Waals surface area contributed by atoms with E-state index >= 15 is 0 Å². The Bertz CT molecular complexity index is 605. The summed E-state index contributed by atoms with van der Waals surface area (Å²) in [4.78, 5) is 11.8. The smallest absolute Gasteiger partial charge is 0.306 e. The highest BCUT2D eigenvalue weighted by molar-refractivity contribution is 7.89. The van der Waals surface area contributed by atoms with Crippen LogP contribution in [-0.2, 0) is 26.0 Å². The fraction of sp³-hybridized carbons (Fsp3) is 0.632. The molecule has 0 N–H and O–H groups in total. The molecule has 5 nitrogen and oxygen atoms in total. The Labute approximate surface area is 152 Å². The van der Waals surface area contributed by atoms with Gasteiger partial charge in [0.2, 0.25) is 10.0 Å². The van der Waals surface area contributed by atoms with Crippen LogP contribution in [0.25, 0.3) is 0 Å². The molecule has 6 heteroatoms. The van der Waals surface area contributed by atoms with Crippen molar-refractivity contribution in [2.45, 2.75) is 52.9 Å². The third kappa shape index (κ3) is 8.50. The molecular weight excluding hydrogens is 338 g/mol. The average molecular weight is 370 g/mol. The van der Waals surface area contributed by atoms with Crippen LogP contribution in [-0.4, -0.2) is 44.1 Å². The van der Waals surface area contributed by atoms with E-state index in [9.17, 15) is 13.2 Å². The Kier molecular flexibility index (Phi) is 9.75. The summed E-state index contributed by atoms with van der Waals surface area (Å²) in [6, 6.07) is 8.26. The molecule has 0 aliphatic carbocycles. The molecular formula is C19H31NO4S. The lowest BCUT2D eigenvalue weighted by Gasteiger charge is -2.20. The molecule has 0 unspecified atom stereocenters. The molecule has 0 atom stereocenters. The van der Waals surface area contributed by atoms with Gasteiger partial charge in [0, 0.05) is 13.1 Å². The van der Waals surface area contributed by atoms with Gasteiger partial charge in [0.25, 0.3) is 0 Å². The summed E-state index contributed by atoms with van der Waals surface area (Å²) in [6.07, 6.45) is 3.02. The van der Waals surface area contributed by atoms with Gasteiger partial charge in [-0.2, -0.15) is 0 Å². The van der Waals surface area contributed by atoms with Crippen LogP contribution in [0.3, 0.4) is 0 Å². The first-order valence-corrected chi connectivity index (χ1v) is 10.7. The Morgan fingerprint density at radius 2 is 1.68 bits per heavy atom. The Morgan fingerprint density at radius 3 is 2.24 bits per heavy atom. The van der Waals surface area contributed by atoms with Crippen LogP contribution in [0.4, 0.5) is 0 Å². The van der Waals surface area contributed by atoms with E-state index in [0.717, 1.165) is 25.7 Å². The molecule has 0 heterocycles. The molecule has 0 aromatic heterocycles. The highest BCUT2D eigenvalue weighted by Gasteiger charge is 2.21. The van der Waals surface area contributed by atoms with Crippen molar-refractivity contribution in [2.24, 2.45) is 0 Å². The van der Waals surface area contributed by atoms with E-state index in [1.165, 1.54) is 15.4 Å². The summed E-state index contributed by atoms with van der Waals surface area (Å²) in [6.45, 7) is 7.26. The summed E-state index contributed by atoms with van der Waals surface area (Å²) >= 11 is 0. The monoisotopic (exact) mass is 369 g/mol. The number of rotatable bonds is 12. The highest BCUT2D eigenvalue weighted by atomic mass is 32.2. The van der Waals surface area contributed by atoms with Crippen LogP contribution in [0.5, 0.6) is 0 Å². The maximum Gasteiger partial charge on any atom is 0.306 e. The molecule has 0 aliphatic heterocycles. The lowest BCUT2D eigenvalue weighted by Crippen LogP contribution is -2.35. The minimum Gasteiger partial charge on any atom is -0.466 e. The fourth-order valence-corrected chi connectivity index (χ4v) is 4.12. The van der Waals surface area contributed by atoms with Crippen LogP contribution in [0.15, 0.2) is 24.3 Å². The Morgan fingerprint density at radius 1 is 1.08 bits per heavy atom. The Hall–Kier alpha value is -1.40. The number of carbonyl (C=O) groups excluding carboxylic acids is 1. The molecule has 1 aromatic rings. The van der Waals surface area contributed by atoms with Gasteiger partial charge in [0.15, 0.2) is 0 Å². The highest BCUT2D eigenvalue weighted by Crippen LogP contribution is 2.08. The van der Waals surface area contributed by atoms with Crippen molar-refractivity contribution >= 4 is 16.0 Å². The molecule has 142 valence electrons. The van der Waals surface area contributed by atoms with E-state index in [1.54, 1.807) is 0 Å². The number of aryl methyl sites for hydroxylation is 2. The Balaban J connectivity index is 2.30. The van der Waals surface area contributed by atoms with Crippen molar-refractivity contribution in [1.82, 2.24) is 4.31 Å². The molecule has 0 spiro atoms. The van der Waals surface area contributed by atoms with Gasteiger partial charge in [-0.25, -0.2) is 12.7 Å². The molecule has 0 amide bonds. The standard InChI is InChI=1S/C19H31NO4S/c1-4-13-20(14-5-2)25(22,23)16-12-19(21)24-15-6-7-18-10-8-17(3)9-11-18/h8-11H,4-7,12-16H2,1-3H3. The second kappa shape index (κ2) is 11.3. The molecule has 1 aromatic carbocycles. The van der Waals surface area contributed by atoms with Crippen LogP contribution in [0.1, 0.15) is 50.7 Å². The summed E-state index contributed by atoms with van der Waals surface area (Å²) in [7, 11) is -3.39. The van der Waals surface area contributed by atoms with Crippen molar-refractivity contribution < 1.29 is 17.9 Å². The molecule has 25 heavy (non-hydrogen) atoms. The minimum absolute atomic E-state index is 0.0865. The van der Waals surface area contributed by atoms with Crippen LogP contribution >= 0.6 is 0 Å². The van der Waals surface area contributed by atoms with Gasteiger partial charge < -0.3 is 4.74 Å². The van der Waals surface area contributed by atoms with E-state index < -0.39 is 16.0 Å². The summed E-state index contributed by atoms with van der Waals surface area (Å²) in [5.41, 5.74) is 2.43. The fourth-order valence-electron chi connectivity index (χ4n) is 2.52. The maximum atomic E-state index is 12.3. The van der Waals surface area contributed by atoms with Gasteiger partial charge in [-0.3, -0.25) is 4.79 Å². The zero-order valence-electron chi connectivity index (χ0n) is 15.7. The SMILES string of the molecule is CCCN(CCC)S(=O)(=O)CCC(=O)OCCCc1ccc(C)cc1. The molecule has 0 saturated heterocycles. The number of esters is 1. The third-order valence-corrected chi connectivity index (χ3v) is 5.77. The zero-order valence-corrected chi connectivity index (χ0v) is 16.5. The van der Waals surface area contributed by atoms with Gasteiger partial charge in [0.05, 0.1) is 18.8 Å². The third-order valence-electron chi connectivity index (χ3n) is 3.90. The number of sulfonamides is 1. The molecule has 0 aliphatic rings. The number of carbonyl (C=O) groups is 1. The molecule has 0 saturated carbocycles. The van der Waals surface area contributed by atoms with Crippen molar-refractivity contribution in [3.63, 3.8) is 0 Å². The van der Waals surface area contributed by atoms with Crippen molar-refractivity contribution in [3.05, 3.63) is 35.4 Å². The zero-order chi connectivity index (χ0) is 18.7. The maximum absolute atomic E-state index is 12.3. The van der Waals surface area contributed by atoms with Crippen molar-refractivity contribution in [2.75, 3.05) is 25.4 Å². The van der Waals surface area contributed by atoms with Crippen LogP contribution < -0.4 is 0 Å². The number of hydrogen-bond donors (Lipinski definition) is 0. The number of nitrogens with zero attached hydrogens (tertiary/aromatic N) is 1. The lowest BCUT2D eigenvalue weighted by atomic mass is 10.1. The summed E-state index contributed by atoms with van der Waals surface area (Å²) in [5, 5.41) is 0. The van der Waals surface area contributed by atoms with E-state index in [-0.39, 0.29) is 12.2 Å². The van der Waals surface area contributed by atoms with Gasteiger partial charge in [-0.1, -0.05) is 43.7 Å². The first-order valence-electron chi connectivity index (χ1n) is 9.08. The molecule has 1 rings (SSSR count). The van der Waals surface area contributed by atoms with Crippen LogP contribution in [0, 0.1) is 6.92 Å².